The summed E-state index contributed by atoms with van der Waals surface area (Å²) in [5.74, 6) is -0.175. The fraction of sp³-hybridized carbons (Fsp3) is 0.500. The van der Waals surface area contributed by atoms with Gasteiger partial charge < -0.3 is 10.1 Å². The number of hydrogen-bond acceptors (Lipinski definition) is 2. The van der Waals surface area contributed by atoms with Crippen LogP contribution in [-0.2, 0) is 11.2 Å². The first-order valence-corrected chi connectivity index (χ1v) is 6.17. The number of hydrogen-bond donors (Lipinski definition) is 1. The molecular weight excluding hydrogens is 273 g/mol. The van der Waals surface area contributed by atoms with Crippen LogP contribution in [0.1, 0.15) is 12.0 Å². The van der Waals surface area contributed by atoms with E-state index in [9.17, 15) is 4.39 Å². The zero-order chi connectivity index (χ0) is 11.8. The summed E-state index contributed by atoms with van der Waals surface area (Å²) in [5, 5.41) is 3.26. The molecule has 2 nitrogen and oxygen atoms in total. The molecule has 0 fully saturated rings. The fourth-order valence-corrected chi connectivity index (χ4v) is 1.88. The van der Waals surface area contributed by atoms with Crippen LogP contribution in [0.5, 0.6) is 0 Å². The normalized spacial score (nSPS) is 10.7. The van der Waals surface area contributed by atoms with Gasteiger partial charge in [-0.3, -0.25) is 0 Å². The summed E-state index contributed by atoms with van der Waals surface area (Å²) >= 11 is 3.42. The van der Waals surface area contributed by atoms with E-state index in [1.807, 2.05) is 0 Å². The highest BCUT2D eigenvalue weighted by atomic mass is 79.9. The fourth-order valence-electron chi connectivity index (χ4n) is 1.44. The van der Waals surface area contributed by atoms with Crippen LogP contribution in [0.15, 0.2) is 22.7 Å². The quantitative estimate of drug-likeness (QED) is 0.780. The lowest BCUT2D eigenvalue weighted by Crippen LogP contribution is -2.20. The van der Waals surface area contributed by atoms with Crippen molar-refractivity contribution in [3.8, 4) is 0 Å². The monoisotopic (exact) mass is 289 g/mol. The number of nitrogens with one attached hydrogen (secondary N) is 1. The van der Waals surface area contributed by atoms with Crippen LogP contribution in [0.4, 0.5) is 4.39 Å². The third kappa shape index (κ3) is 5.05. The molecule has 0 atom stereocenters. The second-order valence-electron chi connectivity index (χ2n) is 3.58. The molecule has 0 amide bonds. The summed E-state index contributed by atoms with van der Waals surface area (Å²) < 4.78 is 18.9. The largest absolute Gasteiger partial charge is 0.383 e. The smallest absolute Gasteiger partial charge is 0.123 e. The first-order chi connectivity index (χ1) is 7.74. The Kier molecular flexibility index (Phi) is 6.61. The van der Waals surface area contributed by atoms with Gasteiger partial charge >= 0.3 is 0 Å². The van der Waals surface area contributed by atoms with Crippen molar-refractivity contribution < 1.29 is 9.13 Å². The molecule has 0 saturated heterocycles. The standard InChI is InChI=1S/C12H17BrFNO/c1-16-8-7-15-6-2-3-10-9-11(14)4-5-12(10)13/h4-5,9,15H,2-3,6-8H2,1H3. The second-order valence-corrected chi connectivity index (χ2v) is 4.44. The molecule has 0 aliphatic carbocycles. The number of rotatable bonds is 7. The molecule has 16 heavy (non-hydrogen) atoms. The lowest BCUT2D eigenvalue weighted by atomic mass is 10.1. The van der Waals surface area contributed by atoms with E-state index in [0.29, 0.717) is 0 Å². The van der Waals surface area contributed by atoms with Crippen LogP contribution in [0.25, 0.3) is 0 Å². The minimum absolute atomic E-state index is 0.175. The van der Waals surface area contributed by atoms with Crippen LogP contribution in [0.3, 0.4) is 0 Å². The van der Waals surface area contributed by atoms with Gasteiger partial charge in [-0.05, 0) is 43.1 Å². The van der Waals surface area contributed by atoms with E-state index in [-0.39, 0.29) is 5.82 Å². The Morgan fingerprint density at radius 2 is 2.19 bits per heavy atom. The van der Waals surface area contributed by atoms with Crippen molar-refractivity contribution in [2.75, 3.05) is 26.8 Å². The van der Waals surface area contributed by atoms with Crippen molar-refractivity contribution in [1.82, 2.24) is 5.32 Å². The molecule has 4 heteroatoms. The van der Waals surface area contributed by atoms with Gasteiger partial charge in [-0.15, -0.1) is 0 Å². The van der Waals surface area contributed by atoms with E-state index in [4.69, 9.17) is 4.74 Å². The number of benzene rings is 1. The maximum Gasteiger partial charge on any atom is 0.123 e. The highest BCUT2D eigenvalue weighted by Gasteiger charge is 2.01. The molecule has 0 aliphatic rings. The van der Waals surface area contributed by atoms with E-state index < -0.39 is 0 Å². The molecule has 0 radical (unpaired) electrons. The van der Waals surface area contributed by atoms with Gasteiger partial charge in [0.15, 0.2) is 0 Å². The van der Waals surface area contributed by atoms with Gasteiger partial charge in [0.05, 0.1) is 6.61 Å². The number of methoxy groups -OCH3 is 1. The summed E-state index contributed by atoms with van der Waals surface area (Å²) in [6.07, 6.45) is 1.87. The molecule has 1 aromatic rings. The Hall–Kier alpha value is -0.450. The molecule has 0 spiro atoms. The lowest BCUT2D eigenvalue weighted by molar-refractivity contribution is 0.199. The first-order valence-electron chi connectivity index (χ1n) is 5.37. The molecule has 0 unspecified atom stereocenters. The number of ether oxygens (including phenoxy) is 1. The predicted molar refractivity (Wildman–Crippen MR) is 67.2 cm³/mol. The Morgan fingerprint density at radius 1 is 1.38 bits per heavy atom. The van der Waals surface area contributed by atoms with E-state index >= 15 is 0 Å². The van der Waals surface area contributed by atoms with E-state index in [1.165, 1.54) is 6.07 Å². The van der Waals surface area contributed by atoms with Gasteiger partial charge in [0.2, 0.25) is 0 Å². The van der Waals surface area contributed by atoms with E-state index in [1.54, 1.807) is 19.2 Å². The summed E-state index contributed by atoms with van der Waals surface area (Å²) in [7, 11) is 1.69. The van der Waals surface area contributed by atoms with Gasteiger partial charge in [-0.1, -0.05) is 15.9 Å². The Balaban J connectivity index is 2.23. The summed E-state index contributed by atoms with van der Waals surface area (Å²) in [6, 6.07) is 4.80. The Morgan fingerprint density at radius 3 is 2.94 bits per heavy atom. The van der Waals surface area contributed by atoms with Gasteiger partial charge in [0.1, 0.15) is 5.82 Å². The molecule has 90 valence electrons. The average molecular weight is 290 g/mol. The van der Waals surface area contributed by atoms with Crippen LogP contribution in [0.2, 0.25) is 0 Å². The Bertz CT molecular complexity index is 320. The van der Waals surface area contributed by atoms with E-state index in [2.05, 4.69) is 21.2 Å². The molecule has 1 rings (SSSR count). The maximum atomic E-state index is 13.0. The van der Waals surface area contributed by atoms with Crippen molar-refractivity contribution in [1.29, 1.82) is 0 Å². The topological polar surface area (TPSA) is 21.3 Å². The summed E-state index contributed by atoms with van der Waals surface area (Å²) in [5.41, 5.74) is 1.02. The summed E-state index contributed by atoms with van der Waals surface area (Å²) in [6.45, 7) is 2.51. The third-order valence-corrected chi connectivity index (χ3v) is 3.06. The van der Waals surface area contributed by atoms with Gasteiger partial charge in [0, 0.05) is 18.1 Å². The number of aryl methyl sites for hydroxylation is 1. The van der Waals surface area contributed by atoms with Crippen molar-refractivity contribution in [2.24, 2.45) is 0 Å². The molecule has 1 aromatic carbocycles. The van der Waals surface area contributed by atoms with Crippen molar-refractivity contribution >= 4 is 15.9 Å². The van der Waals surface area contributed by atoms with E-state index in [0.717, 1.165) is 42.6 Å². The second kappa shape index (κ2) is 7.76. The van der Waals surface area contributed by atoms with Crippen LogP contribution < -0.4 is 5.32 Å². The molecule has 0 heterocycles. The average Bonchev–Trinajstić information content (AvgIpc) is 2.28. The van der Waals surface area contributed by atoms with Crippen LogP contribution in [0, 0.1) is 5.82 Å². The van der Waals surface area contributed by atoms with Gasteiger partial charge in [-0.25, -0.2) is 4.39 Å². The lowest BCUT2D eigenvalue weighted by Gasteiger charge is -2.06. The molecule has 0 aromatic heterocycles. The summed E-state index contributed by atoms with van der Waals surface area (Å²) in [4.78, 5) is 0. The van der Waals surface area contributed by atoms with Gasteiger partial charge in [0.25, 0.3) is 0 Å². The highest BCUT2D eigenvalue weighted by Crippen LogP contribution is 2.18. The zero-order valence-electron chi connectivity index (χ0n) is 9.43. The predicted octanol–water partition coefficient (Wildman–Crippen LogP) is 2.76. The van der Waals surface area contributed by atoms with Crippen molar-refractivity contribution in [3.63, 3.8) is 0 Å². The molecular formula is C12H17BrFNO. The van der Waals surface area contributed by atoms with Crippen molar-refractivity contribution in [2.45, 2.75) is 12.8 Å². The SMILES string of the molecule is COCCNCCCc1cc(F)ccc1Br. The zero-order valence-corrected chi connectivity index (χ0v) is 11.0. The Labute approximate surface area is 104 Å². The molecule has 0 bridgehead atoms. The minimum atomic E-state index is -0.175. The van der Waals surface area contributed by atoms with Crippen molar-refractivity contribution in [3.05, 3.63) is 34.1 Å². The highest BCUT2D eigenvalue weighted by molar-refractivity contribution is 9.10. The minimum Gasteiger partial charge on any atom is -0.383 e. The van der Waals surface area contributed by atoms with Crippen LogP contribution >= 0.6 is 15.9 Å². The third-order valence-electron chi connectivity index (χ3n) is 2.29. The van der Waals surface area contributed by atoms with Gasteiger partial charge in [-0.2, -0.15) is 0 Å². The maximum absolute atomic E-state index is 13.0. The molecule has 0 saturated carbocycles. The van der Waals surface area contributed by atoms with Crippen LogP contribution in [-0.4, -0.2) is 26.8 Å². The first kappa shape index (κ1) is 13.6. The number of halogens is 2. The molecule has 1 N–H and O–H groups in total. The molecule has 0 aliphatic heterocycles.